The molecule has 0 saturated carbocycles. The SMILES string of the molecule is C=CCCC(O)CN1CCN(Cc2nc(C(=O)Nc3ccc(F)cc3)co2)CC1. The van der Waals surface area contributed by atoms with E-state index in [1.165, 1.54) is 30.5 Å². The number of hydrogen-bond acceptors (Lipinski definition) is 6. The highest BCUT2D eigenvalue weighted by Crippen LogP contribution is 2.13. The van der Waals surface area contributed by atoms with Crippen molar-refractivity contribution in [3.63, 3.8) is 0 Å². The summed E-state index contributed by atoms with van der Waals surface area (Å²) in [5, 5.41) is 12.7. The van der Waals surface area contributed by atoms with E-state index in [-0.39, 0.29) is 17.6 Å². The van der Waals surface area contributed by atoms with E-state index < -0.39 is 5.91 Å². The normalized spacial score (nSPS) is 16.5. The van der Waals surface area contributed by atoms with Gasteiger partial charge < -0.3 is 14.8 Å². The molecule has 1 aromatic carbocycles. The molecule has 2 heterocycles. The van der Waals surface area contributed by atoms with E-state index in [4.69, 9.17) is 4.42 Å². The summed E-state index contributed by atoms with van der Waals surface area (Å²) < 4.78 is 18.4. The molecule has 29 heavy (non-hydrogen) atoms. The molecule has 0 radical (unpaired) electrons. The molecule has 1 aromatic heterocycles. The van der Waals surface area contributed by atoms with Crippen LogP contribution in [-0.4, -0.2) is 64.6 Å². The Morgan fingerprint density at radius 1 is 1.28 bits per heavy atom. The molecule has 8 heteroatoms. The predicted octanol–water partition coefficient (Wildman–Crippen LogP) is 2.51. The van der Waals surface area contributed by atoms with Gasteiger partial charge in [0.15, 0.2) is 5.69 Å². The highest BCUT2D eigenvalue weighted by Gasteiger charge is 2.21. The maximum Gasteiger partial charge on any atom is 0.277 e. The fraction of sp³-hybridized carbons (Fsp3) is 0.429. The van der Waals surface area contributed by atoms with Crippen LogP contribution >= 0.6 is 0 Å². The van der Waals surface area contributed by atoms with Crippen LogP contribution in [0.5, 0.6) is 0 Å². The van der Waals surface area contributed by atoms with E-state index in [1.807, 2.05) is 6.08 Å². The Morgan fingerprint density at radius 3 is 2.66 bits per heavy atom. The molecule has 1 amide bonds. The third kappa shape index (κ3) is 6.49. The van der Waals surface area contributed by atoms with Crippen molar-refractivity contribution in [1.29, 1.82) is 0 Å². The van der Waals surface area contributed by atoms with Gasteiger partial charge >= 0.3 is 0 Å². The molecule has 1 unspecified atom stereocenters. The number of carbonyl (C=O) groups excluding carboxylic acids is 1. The molecule has 3 rings (SSSR count). The minimum absolute atomic E-state index is 0.188. The number of aliphatic hydroxyl groups is 1. The van der Waals surface area contributed by atoms with E-state index in [0.29, 0.717) is 24.7 Å². The Balaban J connectivity index is 1.44. The van der Waals surface area contributed by atoms with Crippen LogP contribution in [0.4, 0.5) is 10.1 Å². The lowest BCUT2D eigenvalue weighted by Crippen LogP contribution is -2.48. The number of aromatic nitrogens is 1. The van der Waals surface area contributed by atoms with E-state index in [1.54, 1.807) is 0 Å². The maximum absolute atomic E-state index is 12.9. The van der Waals surface area contributed by atoms with Gasteiger partial charge in [-0.15, -0.1) is 6.58 Å². The van der Waals surface area contributed by atoms with Crippen LogP contribution in [0.15, 0.2) is 47.6 Å². The lowest BCUT2D eigenvalue weighted by atomic mass is 10.1. The van der Waals surface area contributed by atoms with Gasteiger partial charge in [-0.05, 0) is 37.1 Å². The maximum atomic E-state index is 12.9. The third-order valence-corrected chi connectivity index (χ3v) is 4.88. The molecule has 1 aliphatic heterocycles. The number of anilines is 1. The molecule has 7 nitrogen and oxygen atoms in total. The van der Waals surface area contributed by atoms with Crippen molar-refractivity contribution in [2.24, 2.45) is 0 Å². The number of aliphatic hydroxyl groups excluding tert-OH is 1. The first-order valence-corrected chi connectivity index (χ1v) is 9.78. The summed E-state index contributed by atoms with van der Waals surface area (Å²) in [5.41, 5.74) is 0.681. The zero-order chi connectivity index (χ0) is 20.6. The molecule has 1 fully saturated rings. The van der Waals surface area contributed by atoms with E-state index >= 15 is 0 Å². The van der Waals surface area contributed by atoms with Crippen LogP contribution in [0.2, 0.25) is 0 Å². The number of nitrogens with zero attached hydrogens (tertiary/aromatic N) is 3. The summed E-state index contributed by atoms with van der Waals surface area (Å²) in [6.45, 7) is 8.29. The summed E-state index contributed by atoms with van der Waals surface area (Å²) in [5.74, 6) is -0.281. The van der Waals surface area contributed by atoms with E-state index in [0.717, 1.165) is 39.0 Å². The zero-order valence-electron chi connectivity index (χ0n) is 16.4. The Bertz CT molecular complexity index is 801. The topological polar surface area (TPSA) is 81.8 Å². The summed E-state index contributed by atoms with van der Waals surface area (Å²) in [7, 11) is 0. The van der Waals surface area contributed by atoms with Crippen LogP contribution in [0.1, 0.15) is 29.2 Å². The van der Waals surface area contributed by atoms with Crippen LogP contribution in [0.3, 0.4) is 0 Å². The third-order valence-electron chi connectivity index (χ3n) is 4.88. The highest BCUT2D eigenvalue weighted by molar-refractivity contribution is 6.02. The molecule has 0 spiro atoms. The number of hydrogen-bond donors (Lipinski definition) is 2. The van der Waals surface area contributed by atoms with Gasteiger partial charge in [-0.2, -0.15) is 0 Å². The smallest absolute Gasteiger partial charge is 0.277 e. The fourth-order valence-corrected chi connectivity index (χ4v) is 3.24. The molecule has 1 atom stereocenters. The van der Waals surface area contributed by atoms with Gasteiger partial charge in [0.25, 0.3) is 5.91 Å². The van der Waals surface area contributed by atoms with Crippen molar-refractivity contribution < 1.29 is 18.7 Å². The number of nitrogens with one attached hydrogen (secondary N) is 1. The van der Waals surface area contributed by atoms with E-state index in [2.05, 4.69) is 26.7 Å². The molecule has 2 aromatic rings. The number of allylic oxidation sites excluding steroid dienone is 1. The second-order valence-corrected chi connectivity index (χ2v) is 7.18. The first-order chi connectivity index (χ1) is 14.0. The molecule has 0 bridgehead atoms. The van der Waals surface area contributed by atoms with Crippen molar-refractivity contribution in [2.45, 2.75) is 25.5 Å². The minimum Gasteiger partial charge on any atom is -0.447 e. The molecular weight excluding hydrogens is 375 g/mol. The number of rotatable bonds is 9. The van der Waals surface area contributed by atoms with Crippen molar-refractivity contribution >= 4 is 11.6 Å². The lowest BCUT2D eigenvalue weighted by Gasteiger charge is -2.34. The van der Waals surface area contributed by atoms with Crippen LogP contribution < -0.4 is 5.32 Å². The number of benzene rings is 1. The molecule has 1 saturated heterocycles. The molecule has 2 N–H and O–H groups in total. The summed E-state index contributed by atoms with van der Waals surface area (Å²) in [4.78, 5) is 21.0. The molecule has 156 valence electrons. The van der Waals surface area contributed by atoms with Crippen molar-refractivity contribution in [3.05, 3.63) is 60.6 Å². The standard InChI is InChI=1S/C21H27FN4O3/c1-2-3-4-18(27)13-25-9-11-26(12-10-25)14-20-24-19(15-29-20)21(28)23-17-7-5-16(22)6-8-17/h2,5-8,15,18,27H,1,3-4,9-14H2,(H,23,28). The predicted molar refractivity (Wildman–Crippen MR) is 108 cm³/mol. The van der Waals surface area contributed by atoms with Gasteiger partial charge in [-0.25, -0.2) is 9.37 Å². The number of amides is 1. The molecule has 1 aliphatic rings. The second kappa shape index (κ2) is 10.3. The highest BCUT2D eigenvalue weighted by atomic mass is 19.1. The molecular formula is C21H27FN4O3. The van der Waals surface area contributed by atoms with Gasteiger partial charge in [0.05, 0.1) is 12.6 Å². The number of oxazole rings is 1. The average Bonchev–Trinajstić information content (AvgIpc) is 3.18. The summed E-state index contributed by atoms with van der Waals surface area (Å²) in [6, 6.07) is 5.54. The summed E-state index contributed by atoms with van der Waals surface area (Å²) >= 11 is 0. The van der Waals surface area contributed by atoms with Gasteiger partial charge in [0, 0.05) is 38.4 Å². The van der Waals surface area contributed by atoms with Crippen LogP contribution in [-0.2, 0) is 6.54 Å². The average molecular weight is 402 g/mol. The largest absolute Gasteiger partial charge is 0.447 e. The number of halogens is 1. The first-order valence-electron chi connectivity index (χ1n) is 9.78. The van der Waals surface area contributed by atoms with Crippen molar-refractivity contribution in [1.82, 2.24) is 14.8 Å². The fourth-order valence-electron chi connectivity index (χ4n) is 3.24. The van der Waals surface area contributed by atoms with E-state index in [9.17, 15) is 14.3 Å². The first kappa shape index (κ1) is 21.2. The Hall–Kier alpha value is -2.55. The molecule has 0 aliphatic carbocycles. The van der Waals surface area contributed by atoms with Crippen molar-refractivity contribution in [3.8, 4) is 0 Å². The van der Waals surface area contributed by atoms with Crippen LogP contribution in [0, 0.1) is 5.82 Å². The number of carbonyl (C=O) groups is 1. The monoisotopic (exact) mass is 402 g/mol. The number of β-amino-alcohol motifs (C(OH)–C–C–N with tert-alkyl or cyclic N) is 1. The summed E-state index contributed by atoms with van der Waals surface area (Å²) in [6.07, 6.45) is 4.39. The Morgan fingerprint density at radius 2 is 1.97 bits per heavy atom. The Kier molecular flexibility index (Phi) is 7.51. The quantitative estimate of drug-likeness (QED) is 0.628. The number of piperazine rings is 1. The Labute approximate surface area is 169 Å². The van der Waals surface area contributed by atoms with Gasteiger partial charge in [0.1, 0.15) is 12.1 Å². The zero-order valence-corrected chi connectivity index (χ0v) is 16.4. The van der Waals surface area contributed by atoms with Gasteiger partial charge in [0.2, 0.25) is 5.89 Å². The second-order valence-electron chi connectivity index (χ2n) is 7.18. The van der Waals surface area contributed by atoms with Gasteiger partial charge in [-0.3, -0.25) is 14.6 Å². The lowest BCUT2D eigenvalue weighted by molar-refractivity contribution is 0.0642. The van der Waals surface area contributed by atoms with Crippen molar-refractivity contribution in [2.75, 3.05) is 38.0 Å². The minimum atomic E-state index is -0.398. The van der Waals surface area contributed by atoms with Crippen LogP contribution in [0.25, 0.3) is 0 Å². The van der Waals surface area contributed by atoms with Gasteiger partial charge in [-0.1, -0.05) is 6.08 Å².